The summed E-state index contributed by atoms with van der Waals surface area (Å²) in [7, 11) is 0. The highest BCUT2D eigenvalue weighted by Crippen LogP contribution is 2.40. The topological polar surface area (TPSA) is 0 Å². The van der Waals surface area contributed by atoms with Gasteiger partial charge < -0.3 is 0 Å². The molecule has 0 N–H and O–H groups in total. The van der Waals surface area contributed by atoms with Gasteiger partial charge in [0, 0.05) is 5.41 Å². The summed E-state index contributed by atoms with van der Waals surface area (Å²) in [4.78, 5) is 0. The minimum Gasteiger partial charge on any atom is -0.0654 e. The Morgan fingerprint density at radius 1 is 0.239 bits per heavy atom. The van der Waals surface area contributed by atoms with Crippen molar-refractivity contribution in [2.75, 3.05) is 0 Å². The van der Waals surface area contributed by atoms with Crippen molar-refractivity contribution in [3.05, 3.63) is 69.8 Å². The van der Waals surface area contributed by atoms with Crippen LogP contribution in [0.4, 0.5) is 0 Å². The predicted molar refractivity (Wildman–Crippen MR) is 306 cm³/mol. The lowest BCUT2D eigenvalue weighted by Gasteiger charge is -2.33. The van der Waals surface area contributed by atoms with E-state index >= 15 is 0 Å². The lowest BCUT2D eigenvalue weighted by Crippen LogP contribution is -2.24. The smallest absolute Gasteiger partial charge is 0.0152 e. The van der Waals surface area contributed by atoms with Crippen LogP contribution in [0.5, 0.6) is 0 Å². The van der Waals surface area contributed by atoms with Crippen molar-refractivity contribution in [1.29, 1.82) is 0 Å². The molecule has 0 heteroatoms. The summed E-state index contributed by atoms with van der Waals surface area (Å²) in [6.07, 6.45) is 67.5. The van der Waals surface area contributed by atoms with Gasteiger partial charge in [0.25, 0.3) is 0 Å². The molecule has 0 radical (unpaired) electrons. The standard InChI is InChI=1S/C67H120/c1-7-11-15-19-23-27-31-35-39-43-47-53-61-55-51-59-65(63(61)57-49-45-41-37-33-29-25-21-17-13-9-3)67(5,6)66-60-52-56-62(54-48-44-40-36-32-28-24-20-16-12-8-2)64(66)58-50-46-42-38-34-30-26-22-18-14-10-4/h51-52,55-56,59-60H,7-50,53-54,57-58H2,1-6H3. The van der Waals surface area contributed by atoms with Gasteiger partial charge >= 0.3 is 0 Å². The fraction of sp³-hybridized carbons (Fsp3) is 0.821. The molecule has 0 aliphatic rings. The Morgan fingerprint density at radius 2 is 0.433 bits per heavy atom. The zero-order valence-corrected chi connectivity index (χ0v) is 46.9. The summed E-state index contributed by atoms with van der Waals surface area (Å²) in [5.74, 6) is 0. The Morgan fingerprint density at radius 3 is 0.657 bits per heavy atom. The van der Waals surface area contributed by atoms with Crippen molar-refractivity contribution in [2.45, 2.75) is 355 Å². The van der Waals surface area contributed by atoms with E-state index in [2.05, 4.69) is 77.9 Å². The van der Waals surface area contributed by atoms with E-state index in [9.17, 15) is 0 Å². The van der Waals surface area contributed by atoms with Crippen molar-refractivity contribution in [3.8, 4) is 0 Å². The maximum Gasteiger partial charge on any atom is 0.0152 e. The van der Waals surface area contributed by atoms with Crippen LogP contribution in [0.25, 0.3) is 0 Å². The van der Waals surface area contributed by atoms with E-state index in [1.807, 2.05) is 0 Å². The number of unbranched alkanes of at least 4 members (excludes halogenated alkanes) is 40. The Kier molecular flexibility index (Phi) is 40.8. The molecule has 0 unspecified atom stereocenters. The second-order valence-corrected chi connectivity index (χ2v) is 22.7. The predicted octanol–water partition coefficient (Wildman–Crippen LogP) is 23.4. The van der Waals surface area contributed by atoms with Gasteiger partial charge in [-0.05, 0) is 84.7 Å². The molecular weight excluding hydrogens is 805 g/mol. The van der Waals surface area contributed by atoms with Crippen LogP contribution in [0, 0.1) is 0 Å². The van der Waals surface area contributed by atoms with Gasteiger partial charge in [-0.25, -0.2) is 0 Å². The van der Waals surface area contributed by atoms with E-state index in [1.54, 1.807) is 33.4 Å². The third-order valence-electron chi connectivity index (χ3n) is 16.1. The van der Waals surface area contributed by atoms with Crippen LogP contribution in [-0.2, 0) is 31.1 Å². The molecule has 0 fully saturated rings. The minimum absolute atomic E-state index is 0.000492. The fourth-order valence-corrected chi connectivity index (χ4v) is 11.5. The monoisotopic (exact) mass is 925 g/mol. The van der Waals surface area contributed by atoms with Crippen molar-refractivity contribution in [1.82, 2.24) is 0 Å². The normalized spacial score (nSPS) is 11.9. The van der Waals surface area contributed by atoms with E-state index in [0.29, 0.717) is 0 Å². The second kappa shape index (κ2) is 44.4. The first kappa shape index (κ1) is 61.6. The first-order valence-corrected chi connectivity index (χ1v) is 31.2. The van der Waals surface area contributed by atoms with Gasteiger partial charge in [-0.1, -0.05) is 335 Å². The third-order valence-corrected chi connectivity index (χ3v) is 16.1. The van der Waals surface area contributed by atoms with E-state index in [-0.39, 0.29) is 5.41 Å². The number of hydrogen-bond donors (Lipinski definition) is 0. The van der Waals surface area contributed by atoms with Crippen molar-refractivity contribution < 1.29 is 0 Å². The highest BCUT2D eigenvalue weighted by atomic mass is 14.3. The second-order valence-electron chi connectivity index (χ2n) is 22.7. The fourth-order valence-electron chi connectivity index (χ4n) is 11.5. The Balaban J connectivity index is 2.20. The van der Waals surface area contributed by atoms with Crippen LogP contribution in [-0.4, -0.2) is 0 Å². The Hall–Kier alpha value is -1.56. The molecule has 0 aromatic heterocycles. The molecular formula is C67H120. The molecule has 0 aliphatic carbocycles. The molecule has 388 valence electrons. The molecule has 0 nitrogen and oxygen atoms in total. The SMILES string of the molecule is CCCCCCCCCCCCCc1cccc(C(C)(C)c2cccc(CCCCCCCCCCCCC)c2CCCCCCCCCCCCC)c1CCCCCCCCCCCCC. The highest BCUT2D eigenvalue weighted by molar-refractivity contribution is 5.50. The first-order valence-electron chi connectivity index (χ1n) is 31.2. The van der Waals surface area contributed by atoms with Gasteiger partial charge in [0.05, 0.1) is 0 Å². The van der Waals surface area contributed by atoms with Crippen LogP contribution in [0.1, 0.15) is 357 Å². The van der Waals surface area contributed by atoms with Gasteiger partial charge in [-0.3, -0.25) is 0 Å². The maximum atomic E-state index is 2.61. The zero-order chi connectivity index (χ0) is 48.1. The lowest BCUT2D eigenvalue weighted by atomic mass is 9.71. The third kappa shape index (κ3) is 30.7. The molecule has 0 bridgehead atoms. The average Bonchev–Trinajstić information content (AvgIpc) is 3.33. The van der Waals surface area contributed by atoms with Crippen molar-refractivity contribution >= 4 is 0 Å². The minimum atomic E-state index is 0.000492. The molecule has 0 atom stereocenters. The van der Waals surface area contributed by atoms with Crippen LogP contribution in [0.3, 0.4) is 0 Å². The zero-order valence-electron chi connectivity index (χ0n) is 46.9. The van der Waals surface area contributed by atoms with E-state index in [1.165, 1.54) is 308 Å². The molecule has 0 aliphatic heterocycles. The highest BCUT2D eigenvalue weighted by Gasteiger charge is 2.30. The van der Waals surface area contributed by atoms with Gasteiger partial charge in [0.2, 0.25) is 0 Å². The van der Waals surface area contributed by atoms with Crippen LogP contribution >= 0.6 is 0 Å². The number of hydrogen-bond acceptors (Lipinski definition) is 0. The first-order chi connectivity index (χ1) is 33.0. The van der Waals surface area contributed by atoms with Crippen molar-refractivity contribution in [3.63, 3.8) is 0 Å². The number of rotatable bonds is 50. The van der Waals surface area contributed by atoms with Gasteiger partial charge in [0.1, 0.15) is 0 Å². The van der Waals surface area contributed by atoms with E-state index in [4.69, 9.17) is 0 Å². The maximum absolute atomic E-state index is 2.61. The molecule has 0 saturated carbocycles. The average molecular weight is 926 g/mol. The molecule has 0 heterocycles. The van der Waals surface area contributed by atoms with Gasteiger partial charge in [0.15, 0.2) is 0 Å². The summed E-state index contributed by atoms with van der Waals surface area (Å²) in [6.45, 7) is 14.5. The summed E-state index contributed by atoms with van der Waals surface area (Å²) in [5, 5.41) is 0. The van der Waals surface area contributed by atoms with Gasteiger partial charge in [-0.2, -0.15) is 0 Å². The molecule has 2 aromatic rings. The molecule has 67 heavy (non-hydrogen) atoms. The van der Waals surface area contributed by atoms with Crippen LogP contribution in [0.15, 0.2) is 36.4 Å². The summed E-state index contributed by atoms with van der Waals surface area (Å²) in [5.41, 5.74) is 10.1. The van der Waals surface area contributed by atoms with Crippen molar-refractivity contribution in [2.24, 2.45) is 0 Å². The molecule has 0 saturated heterocycles. The number of aryl methyl sites for hydroxylation is 2. The Bertz CT molecular complexity index is 1240. The van der Waals surface area contributed by atoms with Crippen LogP contribution < -0.4 is 0 Å². The quantitative estimate of drug-likeness (QED) is 0.0580. The number of benzene rings is 2. The molecule has 2 aromatic carbocycles. The largest absolute Gasteiger partial charge is 0.0654 e. The van der Waals surface area contributed by atoms with E-state index < -0.39 is 0 Å². The lowest BCUT2D eigenvalue weighted by molar-refractivity contribution is 0.542. The molecule has 0 spiro atoms. The molecule has 2 rings (SSSR count). The summed E-state index contributed by atoms with van der Waals surface area (Å²) < 4.78 is 0. The summed E-state index contributed by atoms with van der Waals surface area (Å²) >= 11 is 0. The van der Waals surface area contributed by atoms with Gasteiger partial charge in [-0.15, -0.1) is 0 Å². The van der Waals surface area contributed by atoms with Crippen LogP contribution in [0.2, 0.25) is 0 Å². The Labute approximate surface area is 423 Å². The molecule has 0 amide bonds. The summed E-state index contributed by atoms with van der Waals surface area (Å²) in [6, 6.07) is 15.1. The van der Waals surface area contributed by atoms with E-state index in [0.717, 1.165) is 0 Å².